The molecule has 2 saturated carbocycles. The van der Waals surface area contributed by atoms with E-state index in [4.69, 9.17) is 5.73 Å². The molecule has 0 saturated heterocycles. The van der Waals surface area contributed by atoms with E-state index in [0.29, 0.717) is 6.04 Å². The predicted molar refractivity (Wildman–Crippen MR) is 80.4 cm³/mol. The van der Waals surface area contributed by atoms with E-state index in [-0.39, 0.29) is 5.54 Å². The van der Waals surface area contributed by atoms with Crippen molar-refractivity contribution in [1.82, 2.24) is 14.8 Å². The molecule has 0 aromatic carbocycles. The molecular formula is C16H28N4. The Bertz CT molecular complexity index is 451. The highest BCUT2D eigenvalue weighted by molar-refractivity contribution is 5.11. The minimum Gasteiger partial charge on any atom is -0.319 e. The first-order chi connectivity index (χ1) is 9.64. The standard InChI is InChI=1S/C16H28N4/c1-3-13-8-10-16(17,11-9-13)15-19-18-12(2)20(15)14-6-4-5-7-14/h13-14H,3-11,17H2,1-2H3. The maximum absolute atomic E-state index is 6.76. The third-order valence-corrected chi connectivity index (χ3v) is 5.58. The molecule has 2 aliphatic carbocycles. The second kappa shape index (κ2) is 5.47. The van der Waals surface area contributed by atoms with Crippen molar-refractivity contribution < 1.29 is 0 Å². The highest BCUT2D eigenvalue weighted by Gasteiger charge is 2.38. The van der Waals surface area contributed by atoms with Gasteiger partial charge in [-0.1, -0.05) is 26.2 Å². The highest BCUT2D eigenvalue weighted by Crippen LogP contribution is 2.40. The van der Waals surface area contributed by atoms with Crippen molar-refractivity contribution in [3.05, 3.63) is 11.6 Å². The fourth-order valence-electron chi connectivity index (χ4n) is 4.13. The van der Waals surface area contributed by atoms with Gasteiger partial charge in [0.15, 0.2) is 5.82 Å². The highest BCUT2D eigenvalue weighted by atomic mass is 15.3. The molecule has 2 fully saturated rings. The third-order valence-electron chi connectivity index (χ3n) is 5.58. The fourth-order valence-corrected chi connectivity index (χ4v) is 4.13. The number of aromatic nitrogens is 3. The van der Waals surface area contributed by atoms with E-state index in [1.165, 1.54) is 44.9 Å². The van der Waals surface area contributed by atoms with Crippen LogP contribution in [0.5, 0.6) is 0 Å². The van der Waals surface area contributed by atoms with Crippen LogP contribution >= 0.6 is 0 Å². The van der Waals surface area contributed by atoms with Crippen molar-refractivity contribution in [2.75, 3.05) is 0 Å². The van der Waals surface area contributed by atoms with Crippen molar-refractivity contribution in [2.24, 2.45) is 11.7 Å². The lowest BCUT2D eigenvalue weighted by atomic mass is 9.75. The molecule has 0 bridgehead atoms. The van der Waals surface area contributed by atoms with E-state index < -0.39 is 0 Å². The Morgan fingerprint density at radius 3 is 2.40 bits per heavy atom. The monoisotopic (exact) mass is 276 g/mol. The largest absolute Gasteiger partial charge is 0.319 e. The van der Waals surface area contributed by atoms with Crippen LogP contribution in [0, 0.1) is 12.8 Å². The van der Waals surface area contributed by atoms with E-state index in [1.807, 2.05) is 0 Å². The molecular weight excluding hydrogens is 248 g/mol. The number of hydrogen-bond acceptors (Lipinski definition) is 3. The Morgan fingerprint density at radius 2 is 1.80 bits per heavy atom. The second-order valence-electron chi connectivity index (χ2n) is 6.89. The number of aryl methyl sites for hydroxylation is 1. The van der Waals surface area contributed by atoms with Crippen LogP contribution in [0.15, 0.2) is 0 Å². The van der Waals surface area contributed by atoms with Gasteiger partial charge in [-0.3, -0.25) is 0 Å². The molecule has 1 heterocycles. The third kappa shape index (κ3) is 2.39. The molecule has 0 atom stereocenters. The van der Waals surface area contributed by atoms with Gasteiger partial charge in [-0.15, -0.1) is 10.2 Å². The van der Waals surface area contributed by atoms with Gasteiger partial charge in [-0.2, -0.15) is 0 Å². The predicted octanol–water partition coefficient (Wildman–Crippen LogP) is 3.46. The van der Waals surface area contributed by atoms with Gasteiger partial charge in [0.1, 0.15) is 5.82 Å². The Kier molecular flexibility index (Phi) is 3.85. The maximum atomic E-state index is 6.76. The fraction of sp³-hybridized carbons (Fsp3) is 0.875. The molecule has 112 valence electrons. The van der Waals surface area contributed by atoms with Crippen molar-refractivity contribution >= 4 is 0 Å². The van der Waals surface area contributed by atoms with E-state index in [0.717, 1.165) is 30.4 Å². The maximum Gasteiger partial charge on any atom is 0.153 e. The molecule has 20 heavy (non-hydrogen) atoms. The summed E-state index contributed by atoms with van der Waals surface area (Å²) in [7, 11) is 0. The molecule has 2 aliphatic rings. The zero-order chi connectivity index (χ0) is 14.2. The van der Waals surface area contributed by atoms with Crippen LogP contribution in [-0.4, -0.2) is 14.8 Å². The molecule has 0 aliphatic heterocycles. The quantitative estimate of drug-likeness (QED) is 0.920. The Balaban J connectivity index is 1.86. The van der Waals surface area contributed by atoms with E-state index in [1.54, 1.807) is 0 Å². The van der Waals surface area contributed by atoms with Crippen LogP contribution in [0.3, 0.4) is 0 Å². The Morgan fingerprint density at radius 1 is 1.15 bits per heavy atom. The van der Waals surface area contributed by atoms with Crippen molar-refractivity contribution in [3.8, 4) is 0 Å². The van der Waals surface area contributed by atoms with Crippen LogP contribution < -0.4 is 5.73 Å². The van der Waals surface area contributed by atoms with Crippen molar-refractivity contribution in [1.29, 1.82) is 0 Å². The van der Waals surface area contributed by atoms with Gasteiger partial charge < -0.3 is 10.3 Å². The number of nitrogens with two attached hydrogens (primary N) is 1. The lowest BCUT2D eigenvalue weighted by Crippen LogP contribution is -2.43. The summed E-state index contributed by atoms with van der Waals surface area (Å²) >= 11 is 0. The summed E-state index contributed by atoms with van der Waals surface area (Å²) in [5, 5.41) is 8.85. The lowest BCUT2D eigenvalue weighted by molar-refractivity contribution is 0.212. The smallest absolute Gasteiger partial charge is 0.153 e. The second-order valence-corrected chi connectivity index (χ2v) is 6.89. The number of hydrogen-bond donors (Lipinski definition) is 1. The van der Waals surface area contributed by atoms with E-state index in [9.17, 15) is 0 Å². The normalized spacial score (nSPS) is 31.9. The van der Waals surface area contributed by atoms with Gasteiger partial charge >= 0.3 is 0 Å². The summed E-state index contributed by atoms with van der Waals surface area (Å²) < 4.78 is 2.37. The molecule has 4 nitrogen and oxygen atoms in total. The van der Waals surface area contributed by atoms with Gasteiger partial charge in [0.2, 0.25) is 0 Å². The molecule has 1 aromatic heterocycles. The molecule has 0 radical (unpaired) electrons. The minimum absolute atomic E-state index is 0.241. The van der Waals surface area contributed by atoms with Gasteiger partial charge in [0.25, 0.3) is 0 Å². The first-order valence-electron chi connectivity index (χ1n) is 8.35. The molecule has 1 aromatic rings. The average molecular weight is 276 g/mol. The zero-order valence-electron chi connectivity index (χ0n) is 12.9. The minimum atomic E-state index is -0.241. The Labute approximate surface area is 122 Å². The van der Waals surface area contributed by atoms with E-state index >= 15 is 0 Å². The molecule has 0 amide bonds. The van der Waals surface area contributed by atoms with Crippen LogP contribution in [0.2, 0.25) is 0 Å². The van der Waals surface area contributed by atoms with Gasteiger partial charge in [0, 0.05) is 6.04 Å². The SMILES string of the molecule is CCC1CCC(N)(c2nnc(C)n2C2CCCC2)CC1. The molecule has 0 unspecified atom stereocenters. The van der Waals surface area contributed by atoms with Crippen molar-refractivity contribution in [2.45, 2.75) is 83.2 Å². The van der Waals surface area contributed by atoms with Crippen LogP contribution in [0.25, 0.3) is 0 Å². The molecule has 4 heteroatoms. The Hall–Kier alpha value is -0.900. The topological polar surface area (TPSA) is 56.7 Å². The summed E-state index contributed by atoms with van der Waals surface area (Å²) in [5.41, 5.74) is 6.52. The summed E-state index contributed by atoms with van der Waals surface area (Å²) in [6, 6.07) is 0.587. The van der Waals surface area contributed by atoms with Gasteiger partial charge in [-0.05, 0) is 51.4 Å². The van der Waals surface area contributed by atoms with Crippen LogP contribution in [0.4, 0.5) is 0 Å². The average Bonchev–Trinajstić information content (AvgIpc) is 3.08. The van der Waals surface area contributed by atoms with E-state index in [2.05, 4.69) is 28.6 Å². The van der Waals surface area contributed by atoms with Gasteiger partial charge in [-0.25, -0.2) is 0 Å². The molecule has 0 spiro atoms. The lowest BCUT2D eigenvalue weighted by Gasteiger charge is -2.37. The number of nitrogens with zero attached hydrogens (tertiary/aromatic N) is 3. The summed E-state index contributed by atoms with van der Waals surface area (Å²) in [5.74, 6) is 2.97. The molecule has 2 N–H and O–H groups in total. The van der Waals surface area contributed by atoms with Crippen LogP contribution in [-0.2, 0) is 5.54 Å². The van der Waals surface area contributed by atoms with Crippen LogP contribution in [0.1, 0.15) is 82.4 Å². The van der Waals surface area contributed by atoms with Crippen molar-refractivity contribution in [3.63, 3.8) is 0 Å². The summed E-state index contributed by atoms with van der Waals surface area (Å²) in [6.45, 7) is 4.37. The zero-order valence-corrected chi connectivity index (χ0v) is 12.9. The number of rotatable bonds is 3. The molecule has 3 rings (SSSR count). The summed E-state index contributed by atoms with van der Waals surface area (Å²) in [6.07, 6.45) is 11.1. The first kappa shape index (κ1) is 14.1. The summed E-state index contributed by atoms with van der Waals surface area (Å²) in [4.78, 5) is 0. The van der Waals surface area contributed by atoms with Gasteiger partial charge in [0.05, 0.1) is 5.54 Å². The first-order valence-corrected chi connectivity index (χ1v) is 8.35.